The lowest BCUT2D eigenvalue weighted by Gasteiger charge is -2.44. The van der Waals surface area contributed by atoms with E-state index in [0.29, 0.717) is 43.7 Å². The van der Waals surface area contributed by atoms with Gasteiger partial charge in [-0.3, -0.25) is 9.59 Å². The van der Waals surface area contributed by atoms with Gasteiger partial charge >= 0.3 is 0 Å². The Labute approximate surface area is 171 Å². The van der Waals surface area contributed by atoms with Gasteiger partial charge in [-0.15, -0.1) is 0 Å². The zero-order chi connectivity index (χ0) is 20.6. The normalized spacial score (nSPS) is 17.6. The molecular formula is C24H27NO4. The molecule has 29 heavy (non-hydrogen) atoms. The number of hydrogen-bond acceptors (Lipinski definition) is 4. The molecule has 152 valence electrons. The molecule has 1 amide bonds. The number of piperidine rings is 1. The number of ether oxygens (including phenoxy) is 2. The van der Waals surface area contributed by atoms with Crippen LogP contribution in [0.1, 0.15) is 46.3 Å². The minimum atomic E-state index is -0.496. The van der Waals surface area contributed by atoms with Crippen molar-refractivity contribution in [3.63, 3.8) is 0 Å². The summed E-state index contributed by atoms with van der Waals surface area (Å²) >= 11 is 0. The van der Waals surface area contributed by atoms with Crippen molar-refractivity contribution in [3.05, 3.63) is 58.7 Å². The molecule has 2 aliphatic heterocycles. The van der Waals surface area contributed by atoms with Crippen molar-refractivity contribution < 1.29 is 19.1 Å². The van der Waals surface area contributed by atoms with E-state index in [0.717, 1.165) is 16.9 Å². The first-order chi connectivity index (χ1) is 13.8. The molecule has 0 bridgehead atoms. The predicted octanol–water partition coefficient (Wildman–Crippen LogP) is 4.02. The Morgan fingerprint density at radius 1 is 1.07 bits per heavy atom. The van der Waals surface area contributed by atoms with Gasteiger partial charge in [0, 0.05) is 25.9 Å². The summed E-state index contributed by atoms with van der Waals surface area (Å²) < 4.78 is 12.0. The monoisotopic (exact) mass is 393 g/mol. The van der Waals surface area contributed by atoms with E-state index in [-0.39, 0.29) is 18.3 Å². The second-order valence-corrected chi connectivity index (χ2v) is 8.32. The topological polar surface area (TPSA) is 55.8 Å². The molecule has 0 aliphatic carbocycles. The summed E-state index contributed by atoms with van der Waals surface area (Å²) in [6.07, 6.45) is 1.69. The number of rotatable bonds is 3. The molecule has 2 aromatic rings. The third kappa shape index (κ3) is 4.00. The van der Waals surface area contributed by atoms with E-state index in [9.17, 15) is 9.59 Å². The van der Waals surface area contributed by atoms with Crippen molar-refractivity contribution in [3.8, 4) is 11.5 Å². The largest absolute Gasteiger partial charge is 0.486 e. The van der Waals surface area contributed by atoms with Crippen LogP contribution in [0.3, 0.4) is 0 Å². The highest BCUT2D eigenvalue weighted by Gasteiger charge is 2.43. The van der Waals surface area contributed by atoms with Gasteiger partial charge in [-0.25, -0.2) is 0 Å². The maximum Gasteiger partial charge on any atom is 0.260 e. The van der Waals surface area contributed by atoms with Gasteiger partial charge in [-0.2, -0.15) is 0 Å². The summed E-state index contributed by atoms with van der Waals surface area (Å²) in [5, 5.41) is 0. The van der Waals surface area contributed by atoms with Crippen LogP contribution >= 0.6 is 0 Å². The predicted molar refractivity (Wildman–Crippen MR) is 111 cm³/mol. The van der Waals surface area contributed by atoms with E-state index in [1.807, 2.05) is 62.1 Å². The van der Waals surface area contributed by atoms with Crippen molar-refractivity contribution in [2.45, 2.75) is 45.6 Å². The summed E-state index contributed by atoms with van der Waals surface area (Å²) in [7, 11) is 0. The van der Waals surface area contributed by atoms with Gasteiger partial charge in [-0.1, -0.05) is 29.3 Å². The molecule has 1 fully saturated rings. The molecule has 0 saturated carbocycles. The number of carbonyl (C=O) groups excluding carboxylic acids is 2. The first kappa shape index (κ1) is 19.5. The molecule has 2 aromatic carbocycles. The van der Waals surface area contributed by atoms with Gasteiger partial charge in [0.1, 0.15) is 17.1 Å². The lowest BCUT2D eigenvalue weighted by molar-refractivity contribution is -0.136. The molecule has 0 unspecified atom stereocenters. The van der Waals surface area contributed by atoms with E-state index < -0.39 is 5.60 Å². The van der Waals surface area contributed by atoms with E-state index in [2.05, 4.69) is 0 Å². The van der Waals surface area contributed by atoms with Crippen LogP contribution in [0.15, 0.2) is 36.4 Å². The Morgan fingerprint density at radius 3 is 2.48 bits per heavy atom. The van der Waals surface area contributed by atoms with Crippen molar-refractivity contribution >= 4 is 11.7 Å². The fourth-order valence-electron chi connectivity index (χ4n) is 4.24. The van der Waals surface area contributed by atoms with Gasteiger partial charge in [0.05, 0.1) is 12.0 Å². The van der Waals surface area contributed by atoms with Crippen molar-refractivity contribution in [1.82, 2.24) is 4.90 Å². The van der Waals surface area contributed by atoms with Crippen LogP contribution in [0.5, 0.6) is 11.5 Å². The zero-order valence-corrected chi connectivity index (χ0v) is 17.3. The lowest BCUT2D eigenvalue weighted by atomic mass is 9.82. The summed E-state index contributed by atoms with van der Waals surface area (Å²) in [6, 6.07) is 11.7. The van der Waals surface area contributed by atoms with Crippen molar-refractivity contribution in [2.75, 3.05) is 19.7 Å². The number of fused-ring (bicyclic) bond motifs is 1. The number of likely N-dealkylation sites (tertiary alicyclic amines) is 1. The Morgan fingerprint density at radius 2 is 1.76 bits per heavy atom. The van der Waals surface area contributed by atoms with E-state index in [4.69, 9.17) is 9.47 Å². The highest BCUT2D eigenvalue weighted by Crippen LogP contribution is 2.39. The molecular weight excluding hydrogens is 366 g/mol. The molecule has 4 rings (SSSR count). The second-order valence-electron chi connectivity index (χ2n) is 8.32. The maximum absolute atomic E-state index is 12.7. The van der Waals surface area contributed by atoms with E-state index in [1.54, 1.807) is 0 Å². The average molecular weight is 393 g/mol. The Bertz CT molecular complexity index is 957. The fourth-order valence-corrected chi connectivity index (χ4v) is 4.24. The maximum atomic E-state index is 12.7. The highest BCUT2D eigenvalue weighted by molar-refractivity contribution is 6.00. The standard InChI is InChI=1S/C24H27NO4/c1-16-4-6-21(18(3)12-16)28-15-23(27)25-10-8-24(9-11-25)14-20(26)19-13-17(2)5-7-22(19)29-24/h4-7,12-13H,8-11,14-15H2,1-3H3. The quantitative estimate of drug-likeness (QED) is 0.790. The molecule has 0 N–H and O–H groups in total. The first-order valence-electron chi connectivity index (χ1n) is 10.2. The van der Waals surface area contributed by atoms with E-state index in [1.165, 1.54) is 5.56 Å². The molecule has 0 atom stereocenters. The number of nitrogens with zero attached hydrogens (tertiary/aromatic N) is 1. The minimum absolute atomic E-state index is 0.0266. The second kappa shape index (κ2) is 7.54. The number of hydrogen-bond donors (Lipinski definition) is 0. The lowest BCUT2D eigenvalue weighted by Crippen LogP contribution is -2.53. The number of carbonyl (C=O) groups is 2. The zero-order valence-electron chi connectivity index (χ0n) is 17.3. The Kier molecular flexibility index (Phi) is 5.07. The van der Waals surface area contributed by atoms with E-state index >= 15 is 0 Å². The number of benzene rings is 2. The number of ketones is 1. The van der Waals surface area contributed by atoms with Crippen LogP contribution in [0.25, 0.3) is 0 Å². The molecule has 5 heteroatoms. The van der Waals surface area contributed by atoms with Gasteiger partial charge in [-0.05, 0) is 44.5 Å². The van der Waals surface area contributed by atoms with Crippen molar-refractivity contribution in [2.24, 2.45) is 0 Å². The fraction of sp³-hybridized carbons (Fsp3) is 0.417. The SMILES string of the molecule is Cc1ccc(OCC(=O)N2CCC3(CC2)CC(=O)c2cc(C)ccc2O3)c(C)c1. The van der Waals surface area contributed by atoms with Crippen LogP contribution in [0, 0.1) is 20.8 Å². The molecule has 1 spiro atoms. The number of aryl methyl sites for hydroxylation is 3. The molecule has 2 heterocycles. The van der Waals surface area contributed by atoms with Crippen molar-refractivity contribution in [1.29, 1.82) is 0 Å². The molecule has 0 aromatic heterocycles. The summed E-state index contributed by atoms with van der Waals surface area (Å²) in [4.78, 5) is 27.1. The Hall–Kier alpha value is -2.82. The summed E-state index contributed by atoms with van der Waals surface area (Å²) in [6.45, 7) is 7.16. The first-order valence-corrected chi connectivity index (χ1v) is 10.2. The van der Waals surface area contributed by atoms with Gasteiger partial charge in [0.2, 0.25) is 0 Å². The summed E-state index contributed by atoms with van der Waals surface area (Å²) in [5.74, 6) is 1.52. The number of Topliss-reactive ketones (excluding diaryl/α,β-unsaturated/α-hetero) is 1. The third-order valence-corrected chi connectivity index (χ3v) is 5.95. The molecule has 1 saturated heterocycles. The molecule has 0 radical (unpaired) electrons. The van der Waals surface area contributed by atoms with Gasteiger partial charge in [0.25, 0.3) is 5.91 Å². The summed E-state index contributed by atoms with van der Waals surface area (Å²) in [5.41, 5.74) is 3.43. The van der Waals surface area contributed by atoms with Crippen LogP contribution in [0.2, 0.25) is 0 Å². The molecule has 2 aliphatic rings. The van der Waals surface area contributed by atoms with Crippen LogP contribution in [-0.4, -0.2) is 41.9 Å². The smallest absolute Gasteiger partial charge is 0.260 e. The van der Waals surface area contributed by atoms with Crippen LogP contribution in [0.4, 0.5) is 0 Å². The molecule has 5 nitrogen and oxygen atoms in total. The van der Waals surface area contributed by atoms with Gasteiger partial charge < -0.3 is 14.4 Å². The highest BCUT2D eigenvalue weighted by atomic mass is 16.5. The number of amides is 1. The van der Waals surface area contributed by atoms with Crippen LogP contribution in [-0.2, 0) is 4.79 Å². The van der Waals surface area contributed by atoms with Gasteiger partial charge in [0.15, 0.2) is 12.4 Å². The Balaban J connectivity index is 1.36. The van der Waals surface area contributed by atoms with Crippen LogP contribution < -0.4 is 9.47 Å². The average Bonchev–Trinajstić information content (AvgIpc) is 2.68. The third-order valence-electron chi connectivity index (χ3n) is 5.95. The minimum Gasteiger partial charge on any atom is -0.486 e.